The molecule has 21 heavy (non-hydrogen) atoms. The molecule has 3 nitrogen and oxygen atoms in total. The van der Waals surface area contributed by atoms with Crippen molar-refractivity contribution in [2.45, 2.75) is 46.6 Å². The van der Waals surface area contributed by atoms with Crippen LogP contribution < -0.4 is 5.32 Å². The van der Waals surface area contributed by atoms with E-state index in [-0.39, 0.29) is 0 Å². The van der Waals surface area contributed by atoms with Crippen molar-refractivity contribution in [2.75, 3.05) is 6.54 Å². The van der Waals surface area contributed by atoms with E-state index in [1.54, 1.807) is 0 Å². The molecule has 0 bridgehead atoms. The SMILES string of the molecule is CCCNCc1ccc(-n2nc(CC)cc2CC)cc1Cl. The molecule has 0 aliphatic carbocycles. The molecule has 0 saturated carbocycles. The van der Waals surface area contributed by atoms with Crippen molar-refractivity contribution < 1.29 is 0 Å². The molecule has 0 radical (unpaired) electrons. The fourth-order valence-electron chi connectivity index (χ4n) is 2.33. The molecular weight excluding hydrogens is 282 g/mol. The molecule has 1 aromatic carbocycles. The lowest BCUT2D eigenvalue weighted by molar-refractivity contribution is 0.675. The Morgan fingerprint density at radius 1 is 1.14 bits per heavy atom. The van der Waals surface area contributed by atoms with Crippen LogP contribution in [0.4, 0.5) is 0 Å². The first-order chi connectivity index (χ1) is 10.2. The highest BCUT2D eigenvalue weighted by Crippen LogP contribution is 2.22. The zero-order chi connectivity index (χ0) is 15.2. The zero-order valence-electron chi connectivity index (χ0n) is 13.1. The number of hydrogen-bond donors (Lipinski definition) is 1. The number of benzene rings is 1. The number of aryl methyl sites for hydroxylation is 2. The van der Waals surface area contributed by atoms with Gasteiger partial charge in [0.2, 0.25) is 0 Å². The predicted octanol–water partition coefficient (Wildman–Crippen LogP) is 4.15. The maximum atomic E-state index is 6.41. The van der Waals surface area contributed by atoms with Crippen LogP contribution in [-0.2, 0) is 19.4 Å². The van der Waals surface area contributed by atoms with Gasteiger partial charge in [-0.1, -0.05) is 38.4 Å². The average Bonchev–Trinajstić information content (AvgIpc) is 2.92. The minimum atomic E-state index is 0.798. The minimum Gasteiger partial charge on any atom is -0.313 e. The molecule has 2 aromatic rings. The van der Waals surface area contributed by atoms with Crippen LogP contribution in [-0.4, -0.2) is 16.3 Å². The number of rotatable bonds is 7. The summed E-state index contributed by atoms with van der Waals surface area (Å²) in [4.78, 5) is 0. The molecule has 114 valence electrons. The summed E-state index contributed by atoms with van der Waals surface area (Å²) in [5.74, 6) is 0. The molecule has 1 aromatic heterocycles. The largest absolute Gasteiger partial charge is 0.313 e. The first kappa shape index (κ1) is 16.1. The van der Waals surface area contributed by atoms with Gasteiger partial charge in [-0.2, -0.15) is 5.10 Å². The van der Waals surface area contributed by atoms with E-state index in [1.807, 2.05) is 10.7 Å². The highest BCUT2D eigenvalue weighted by Gasteiger charge is 2.09. The van der Waals surface area contributed by atoms with E-state index in [2.05, 4.69) is 49.4 Å². The maximum Gasteiger partial charge on any atom is 0.0663 e. The second-order valence-electron chi connectivity index (χ2n) is 5.20. The smallest absolute Gasteiger partial charge is 0.0663 e. The first-order valence-electron chi connectivity index (χ1n) is 7.76. The van der Waals surface area contributed by atoms with Crippen molar-refractivity contribution in [2.24, 2.45) is 0 Å². The third-order valence-corrected chi connectivity index (χ3v) is 3.93. The van der Waals surface area contributed by atoms with Gasteiger partial charge < -0.3 is 5.32 Å². The molecule has 0 aliphatic rings. The quantitative estimate of drug-likeness (QED) is 0.779. The van der Waals surface area contributed by atoms with Gasteiger partial charge in [-0.05, 0) is 49.6 Å². The normalized spacial score (nSPS) is 11.0. The second-order valence-corrected chi connectivity index (χ2v) is 5.61. The molecule has 0 spiro atoms. The fraction of sp³-hybridized carbons (Fsp3) is 0.471. The van der Waals surface area contributed by atoms with Gasteiger partial charge in [-0.25, -0.2) is 4.68 Å². The Morgan fingerprint density at radius 2 is 1.95 bits per heavy atom. The lowest BCUT2D eigenvalue weighted by atomic mass is 10.2. The topological polar surface area (TPSA) is 29.9 Å². The van der Waals surface area contributed by atoms with Crippen LogP contribution in [0.15, 0.2) is 24.3 Å². The third-order valence-electron chi connectivity index (χ3n) is 3.58. The number of halogens is 1. The minimum absolute atomic E-state index is 0.798. The summed E-state index contributed by atoms with van der Waals surface area (Å²) >= 11 is 6.41. The van der Waals surface area contributed by atoms with E-state index in [1.165, 1.54) is 5.69 Å². The average molecular weight is 306 g/mol. The van der Waals surface area contributed by atoms with Crippen LogP contribution in [0.25, 0.3) is 5.69 Å². The van der Waals surface area contributed by atoms with Gasteiger partial charge in [-0.15, -0.1) is 0 Å². The van der Waals surface area contributed by atoms with Crippen molar-refractivity contribution in [1.29, 1.82) is 0 Å². The molecule has 2 rings (SSSR count). The summed E-state index contributed by atoms with van der Waals surface area (Å²) in [6.45, 7) is 8.26. The summed E-state index contributed by atoms with van der Waals surface area (Å²) in [5, 5.41) is 8.84. The first-order valence-corrected chi connectivity index (χ1v) is 8.14. The lowest BCUT2D eigenvalue weighted by Crippen LogP contribution is -2.14. The molecule has 0 aliphatic heterocycles. The Hall–Kier alpha value is -1.32. The highest BCUT2D eigenvalue weighted by molar-refractivity contribution is 6.31. The van der Waals surface area contributed by atoms with E-state index in [4.69, 9.17) is 11.6 Å². The Bertz CT molecular complexity index is 590. The number of nitrogens with zero attached hydrogens (tertiary/aromatic N) is 2. The van der Waals surface area contributed by atoms with E-state index >= 15 is 0 Å². The van der Waals surface area contributed by atoms with Crippen LogP contribution >= 0.6 is 11.6 Å². The van der Waals surface area contributed by atoms with Crippen LogP contribution in [0, 0.1) is 0 Å². The van der Waals surface area contributed by atoms with Gasteiger partial charge in [-0.3, -0.25) is 0 Å². The summed E-state index contributed by atoms with van der Waals surface area (Å²) in [6.07, 6.45) is 3.04. The fourth-order valence-corrected chi connectivity index (χ4v) is 2.58. The number of nitrogens with one attached hydrogen (secondary N) is 1. The van der Waals surface area contributed by atoms with Crippen LogP contribution in [0.3, 0.4) is 0 Å². The Morgan fingerprint density at radius 3 is 2.57 bits per heavy atom. The van der Waals surface area contributed by atoms with Gasteiger partial charge in [0.1, 0.15) is 0 Å². The van der Waals surface area contributed by atoms with E-state index in [0.29, 0.717) is 0 Å². The summed E-state index contributed by atoms with van der Waals surface area (Å²) in [7, 11) is 0. The van der Waals surface area contributed by atoms with Crippen molar-refractivity contribution in [3.63, 3.8) is 0 Å². The molecule has 0 atom stereocenters. The molecule has 4 heteroatoms. The van der Waals surface area contributed by atoms with Crippen molar-refractivity contribution in [1.82, 2.24) is 15.1 Å². The van der Waals surface area contributed by atoms with Crippen LogP contribution in [0.2, 0.25) is 5.02 Å². The van der Waals surface area contributed by atoms with Gasteiger partial charge in [0.05, 0.1) is 11.4 Å². The molecule has 0 saturated heterocycles. The Kier molecular flexibility index (Phi) is 5.83. The Labute approximate surface area is 132 Å². The van der Waals surface area contributed by atoms with Crippen LogP contribution in [0.1, 0.15) is 44.1 Å². The predicted molar refractivity (Wildman–Crippen MR) is 89.3 cm³/mol. The molecule has 0 amide bonds. The monoisotopic (exact) mass is 305 g/mol. The molecular formula is C17H24ClN3. The number of hydrogen-bond acceptors (Lipinski definition) is 2. The second kappa shape index (κ2) is 7.62. The van der Waals surface area contributed by atoms with Gasteiger partial charge in [0, 0.05) is 17.3 Å². The molecule has 1 heterocycles. The Balaban J connectivity index is 2.25. The van der Waals surface area contributed by atoms with E-state index < -0.39 is 0 Å². The summed E-state index contributed by atoms with van der Waals surface area (Å²) in [6, 6.07) is 8.37. The molecule has 1 N–H and O–H groups in total. The van der Waals surface area contributed by atoms with Crippen molar-refractivity contribution in [3.8, 4) is 5.69 Å². The highest BCUT2D eigenvalue weighted by atomic mass is 35.5. The lowest BCUT2D eigenvalue weighted by Gasteiger charge is -2.10. The zero-order valence-corrected chi connectivity index (χ0v) is 13.9. The standard InChI is InChI=1S/C17H24ClN3/c1-4-9-19-12-13-7-8-16(11-17(13)18)21-15(6-3)10-14(5-2)20-21/h7-8,10-11,19H,4-6,9,12H2,1-3H3. The summed E-state index contributed by atoms with van der Waals surface area (Å²) < 4.78 is 2.01. The van der Waals surface area contributed by atoms with E-state index in [9.17, 15) is 0 Å². The van der Waals surface area contributed by atoms with Gasteiger partial charge in [0.25, 0.3) is 0 Å². The number of aromatic nitrogens is 2. The van der Waals surface area contributed by atoms with Gasteiger partial charge in [0.15, 0.2) is 0 Å². The van der Waals surface area contributed by atoms with E-state index in [0.717, 1.165) is 54.3 Å². The molecule has 0 fully saturated rings. The van der Waals surface area contributed by atoms with Crippen LogP contribution in [0.5, 0.6) is 0 Å². The maximum absolute atomic E-state index is 6.41. The van der Waals surface area contributed by atoms with Crippen molar-refractivity contribution >= 4 is 11.6 Å². The molecule has 0 unspecified atom stereocenters. The third kappa shape index (κ3) is 3.86. The summed E-state index contributed by atoms with van der Waals surface area (Å²) in [5.41, 5.74) is 4.52. The van der Waals surface area contributed by atoms with Gasteiger partial charge >= 0.3 is 0 Å². The van der Waals surface area contributed by atoms with Crippen molar-refractivity contribution in [3.05, 3.63) is 46.2 Å².